The fourth-order valence-corrected chi connectivity index (χ4v) is 2.38. The molecule has 0 fully saturated rings. The van der Waals surface area contributed by atoms with Gasteiger partial charge in [-0.05, 0) is 39.0 Å². The summed E-state index contributed by atoms with van der Waals surface area (Å²) in [6, 6.07) is 0. The SMILES string of the molecule is C=C(C)C(=O)OC(CC)(CC)CCCCS(=O)(=O)O. The highest BCUT2D eigenvalue weighted by Crippen LogP contribution is 2.28. The van der Waals surface area contributed by atoms with Crippen molar-refractivity contribution in [2.75, 3.05) is 5.75 Å². The molecule has 0 aromatic heterocycles. The van der Waals surface area contributed by atoms with Crippen LogP contribution in [0.3, 0.4) is 0 Å². The van der Waals surface area contributed by atoms with Crippen LogP contribution >= 0.6 is 0 Å². The summed E-state index contributed by atoms with van der Waals surface area (Å²) in [7, 11) is -3.91. The summed E-state index contributed by atoms with van der Waals surface area (Å²) in [5.74, 6) is -0.677. The highest BCUT2D eigenvalue weighted by Gasteiger charge is 2.30. The van der Waals surface area contributed by atoms with E-state index in [1.807, 2.05) is 13.8 Å². The molecule has 0 unspecified atom stereocenters. The van der Waals surface area contributed by atoms with Gasteiger partial charge in [-0.25, -0.2) is 4.79 Å². The average molecular weight is 292 g/mol. The van der Waals surface area contributed by atoms with E-state index < -0.39 is 21.7 Å². The summed E-state index contributed by atoms with van der Waals surface area (Å²) in [6.45, 7) is 9.00. The molecule has 0 aliphatic carbocycles. The third-order valence-electron chi connectivity index (χ3n) is 3.23. The summed E-state index contributed by atoms with van der Waals surface area (Å²) in [5.41, 5.74) is -0.223. The van der Waals surface area contributed by atoms with Crippen molar-refractivity contribution in [1.82, 2.24) is 0 Å². The van der Waals surface area contributed by atoms with Crippen LogP contribution in [0.2, 0.25) is 0 Å². The van der Waals surface area contributed by atoms with Crippen LogP contribution in [0.5, 0.6) is 0 Å². The first-order chi connectivity index (χ1) is 8.66. The summed E-state index contributed by atoms with van der Waals surface area (Å²) in [6.07, 6.45) is 2.83. The van der Waals surface area contributed by atoms with Crippen molar-refractivity contribution in [1.29, 1.82) is 0 Å². The number of hydrogen-bond acceptors (Lipinski definition) is 4. The molecule has 0 bridgehead atoms. The quantitative estimate of drug-likeness (QED) is 0.306. The third-order valence-corrected chi connectivity index (χ3v) is 4.04. The fraction of sp³-hybridized carbons (Fsp3) is 0.769. The second-order valence-corrected chi connectivity index (χ2v) is 6.38. The predicted octanol–water partition coefficient (Wildman–Crippen LogP) is 2.72. The van der Waals surface area contributed by atoms with Gasteiger partial charge < -0.3 is 4.74 Å². The van der Waals surface area contributed by atoms with Gasteiger partial charge in [-0.2, -0.15) is 8.42 Å². The number of rotatable bonds is 9. The molecule has 19 heavy (non-hydrogen) atoms. The molecule has 0 atom stereocenters. The lowest BCUT2D eigenvalue weighted by Gasteiger charge is -2.31. The Morgan fingerprint density at radius 3 is 2.16 bits per heavy atom. The van der Waals surface area contributed by atoms with Crippen molar-refractivity contribution in [2.24, 2.45) is 0 Å². The van der Waals surface area contributed by atoms with E-state index >= 15 is 0 Å². The van der Waals surface area contributed by atoms with Gasteiger partial charge >= 0.3 is 5.97 Å². The minimum absolute atomic E-state index is 0.259. The van der Waals surface area contributed by atoms with Crippen molar-refractivity contribution in [3.8, 4) is 0 Å². The van der Waals surface area contributed by atoms with Crippen LogP contribution in [0.25, 0.3) is 0 Å². The largest absolute Gasteiger partial charge is 0.456 e. The first-order valence-corrected chi connectivity index (χ1v) is 8.10. The zero-order valence-electron chi connectivity index (χ0n) is 11.9. The van der Waals surface area contributed by atoms with E-state index in [0.29, 0.717) is 37.7 Å². The first kappa shape index (κ1) is 18.1. The standard InChI is InChI=1S/C13H24O5S/c1-5-13(6-2,18-12(14)11(3)4)9-7-8-10-19(15,16)17/h3,5-10H2,1-2,4H3,(H,15,16,17). The molecule has 0 amide bonds. The van der Waals surface area contributed by atoms with E-state index in [1.165, 1.54) is 0 Å². The highest BCUT2D eigenvalue weighted by molar-refractivity contribution is 7.85. The molecule has 0 heterocycles. The zero-order valence-corrected chi connectivity index (χ0v) is 12.8. The van der Waals surface area contributed by atoms with E-state index in [-0.39, 0.29) is 5.75 Å². The molecule has 0 aromatic carbocycles. The molecule has 0 spiro atoms. The Morgan fingerprint density at radius 1 is 1.26 bits per heavy atom. The Kier molecular flexibility index (Phi) is 7.29. The van der Waals surface area contributed by atoms with E-state index in [0.717, 1.165) is 0 Å². The Hall–Kier alpha value is -0.880. The summed E-state index contributed by atoms with van der Waals surface area (Å²) in [5, 5.41) is 0. The smallest absolute Gasteiger partial charge is 0.333 e. The molecule has 0 rings (SSSR count). The number of hydrogen-bond donors (Lipinski definition) is 1. The Bertz CT molecular complexity index is 407. The molecule has 0 aliphatic rings. The van der Waals surface area contributed by atoms with Crippen LogP contribution in [0.1, 0.15) is 52.9 Å². The molecule has 0 saturated carbocycles. The van der Waals surface area contributed by atoms with Crippen LogP contribution in [0.15, 0.2) is 12.2 Å². The van der Waals surface area contributed by atoms with Crippen LogP contribution in [-0.2, 0) is 19.6 Å². The van der Waals surface area contributed by atoms with Crippen molar-refractivity contribution < 1.29 is 22.5 Å². The van der Waals surface area contributed by atoms with Gasteiger partial charge in [-0.1, -0.05) is 20.4 Å². The summed E-state index contributed by atoms with van der Waals surface area (Å²) in [4.78, 5) is 11.6. The molecule has 0 saturated heterocycles. The summed E-state index contributed by atoms with van der Waals surface area (Å²) >= 11 is 0. The molecular weight excluding hydrogens is 268 g/mol. The van der Waals surface area contributed by atoms with Gasteiger partial charge in [0.25, 0.3) is 10.1 Å². The van der Waals surface area contributed by atoms with Crippen molar-refractivity contribution in [3.63, 3.8) is 0 Å². The number of carbonyl (C=O) groups is 1. The van der Waals surface area contributed by atoms with Crippen LogP contribution in [-0.4, -0.2) is 30.3 Å². The third kappa shape index (κ3) is 7.32. The minimum atomic E-state index is -3.91. The van der Waals surface area contributed by atoms with Gasteiger partial charge in [-0.15, -0.1) is 0 Å². The number of ether oxygens (including phenoxy) is 1. The number of unbranched alkanes of at least 4 members (excludes halogenated alkanes) is 1. The maximum Gasteiger partial charge on any atom is 0.333 e. The van der Waals surface area contributed by atoms with Gasteiger partial charge in [0.15, 0.2) is 0 Å². The normalized spacial score (nSPS) is 12.2. The molecule has 0 aromatic rings. The van der Waals surface area contributed by atoms with Gasteiger partial charge in [-0.3, -0.25) is 4.55 Å². The minimum Gasteiger partial charge on any atom is -0.456 e. The van der Waals surface area contributed by atoms with Crippen LogP contribution < -0.4 is 0 Å². The fourth-order valence-electron chi connectivity index (χ4n) is 1.81. The van der Waals surface area contributed by atoms with Crippen LogP contribution in [0.4, 0.5) is 0 Å². The maximum atomic E-state index is 11.6. The lowest BCUT2D eigenvalue weighted by molar-refractivity contribution is -0.156. The van der Waals surface area contributed by atoms with Gasteiger partial charge in [0.2, 0.25) is 0 Å². The number of esters is 1. The monoisotopic (exact) mass is 292 g/mol. The molecular formula is C13H24O5S. The molecule has 0 aliphatic heterocycles. The Morgan fingerprint density at radius 2 is 1.79 bits per heavy atom. The molecule has 6 heteroatoms. The lowest BCUT2D eigenvalue weighted by atomic mass is 9.90. The van der Waals surface area contributed by atoms with E-state index in [4.69, 9.17) is 9.29 Å². The first-order valence-electron chi connectivity index (χ1n) is 6.50. The predicted molar refractivity (Wildman–Crippen MR) is 74.5 cm³/mol. The van der Waals surface area contributed by atoms with Crippen molar-refractivity contribution in [3.05, 3.63) is 12.2 Å². The Balaban J connectivity index is 4.46. The van der Waals surface area contributed by atoms with Crippen molar-refractivity contribution >= 4 is 16.1 Å². The van der Waals surface area contributed by atoms with Gasteiger partial charge in [0, 0.05) is 5.57 Å². The lowest BCUT2D eigenvalue weighted by Crippen LogP contribution is -2.34. The molecule has 1 N–H and O–H groups in total. The van der Waals surface area contributed by atoms with Gasteiger partial charge in [0.05, 0.1) is 5.75 Å². The van der Waals surface area contributed by atoms with Gasteiger partial charge in [0.1, 0.15) is 5.60 Å². The molecule has 112 valence electrons. The maximum absolute atomic E-state index is 11.6. The van der Waals surface area contributed by atoms with Crippen LogP contribution in [0, 0.1) is 0 Å². The topological polar surface area (TPSA) is 80.7 Å². The van der Waals surface area contributed by atoms with E-state index in [1.54, 1.807) is 6.92 Å². The second-order valence-electron chi connectivity index (χ2n) is 4.80. The molecule has 0 radical (unpaired) electrons. The molecule has 5 nitrogen and oxygen atoms in total. The zero-order chi connectivity index (χ0) is 15.1. The van der Waals surface area contributed by atoms with E-state index in [2.05, 4.69) is 6.58 Å². The van der Waals surface area contributed by atoms with E-state index in [9.17, 15) is 13.2 Å². The average Bonchev–Trinajstić information content (AvgIpc) is 2.31. The second kappa shape index (κ2) is 7.65. The highest BCUT2D eigenvalue weighted by atomic mass is 32.2. The number of carbonyl (C=O) groups excluding carboxylic acids is 1. The van der Waals surface area contributed by atoms with Crippen molar-refractivity contribution in [2.45, 2.75) is 58.5 Å². The Labute approximate surface area is 115 Å². The summed E-state index contributed by atoms with van der Waals surface area (Å²) < 4.78 is 35.4.